The second kappa shape index (κ2) is 11.5. The van der Waals surface area contributed by atoms with Crippen molar-refractivity contribution in [2.75, 3.05) is 18.5 Å². The zero-order chi connectivity index (χ0) is 21.1. The third kappa shape index (κ3) is 8.47. The van der Waals surface area contributed by atoms with E-state index in [1.54, 1.807) is 38.1 Å². The van der Waals surface area contributed by atoms with E-state index in [9.17, 15) is 14.4 Å². The number of rotatable bonds is 10. The summed E-state index contributed by atoms with van der Waals surface area (Å²) in [5.41, 5.74) is 0.879. The van der Waals surface area contributed by atoms with Gasteiger partial charge in [0, 0.05) is 12.1 Å². The molecule has 0 saturated heterocycles. The van der Waals surface area contributed by atoms with Crippen molar-refractivity contribution in [1.82, 2.24) is 0 Å². The Morgan fingerprint density at radius 2 is 1.66 bits per heavy atom. The van der Waals surface area contributed by atoms with Gasteiger partial charge in [0.1, 0.15) is 5.75 Å². The van der Waals surface area contributed by atoms with Gasteiger partial charge in [0.15, 0.2) is 6.61 Å². The summed E-state index contributed by atoms with van der Waals surface area (Å²) in [7, 11) is 0. The summed E-state index contributed by atoms with van der Waals surface area (Å²) in [6, 6.07) is 15.6. The number of carbonyl (C=O) groups excluding carboxylic acids is 3. The zero-order valence-corrected chi connectivity index (χ0v) is 16.6. The predicted molar refractivity (Wildman–Crippen MR) is 108 cm³/mol. The van der Waals surface area contributed by atoms with Crippen molar-refractivity contribution in [3.8, 4) is 5.75 Å². The van der Waals surface area contributed by atoms with Crippen molar-refractivity contribution in [3.05, 3.63) is 60.2 Å². The number of hydrogen-bond donors (Lipinski definition) is 1. The Kier molecular flexibility index (Phi) is 8.69. The Bertz CT molecular complexity index is 802. The lowest BCUT2D eigenvalue weighted by Gasteiger charge is -2.09. The highest BCUT2D eigenvalue weighted by molar-refractivity contribution is 5.94. The molecular formula is C22H25NO6. The molecule has 1 N–H and O–H groups in total. The number of benzene rings is 2. The Morgan fingerprint density at radius 1 is 0.966 bits per heavy atom. The van der Waals surface area contributed by atoms with Gasteiger partial charge in [-0.3, -0.25) is 9.59 Å². The van der Waals surface area contributed by atoms with E-state index in [-0.39, 0.29) is 19.1 Å². The first-order chi connectivity index (χ1) is 13.9. The number of para-hydroxylation sites is 1. The Labute approximate surface area is 170 Å². The van der Waals surface area contributed by atoms with Crippen LogP contribution in [0.5, 0.6) is 5.75 Å². The molecule has 1 amide bonds. The third-order valence-corrected chi connectivity index (χ3v) is 3.65. The summed E-state index contributed by atoms with van der Waals surface area (Å²) >= 11 is 0. The van der Waals surface area contributed by atoms with E-state index in [1.807, 2.05) is 30.3 Å². The normalized spacial score (nSPS) is 10.3. The van der Waals surface area contributed by atoms with E-state index in [1.165, 1.54) is 0 Å². The summed E-state index contributed by atoms with van der Waals surface area (Å²) in [5.74, 6) is -0.619. The molecule has 0 aromatic heterocycles. The highest BCUT2D eigenvalue weighted by atomic mass is 16.5. The van der Waals surface area contributed by atoms with Crippen molar-refractivity contribution in [2.45, 2.75) is 32.8 Å². The quantitative estimate of drug-likeness (QED) is 0.485. The summed E-state index contributed by atoms with van der Waals surface area (Å²) in [5, 5.41) is 2.60. The molecular weight excluding hydrogens is 374 g/mol. The predicted octanol–water partition coefficient (Wildman–Crippen LogP) is 3.59. The van der Waals surface area contributed by atoms with Gasteiger partial charge in [0.25, 0.3) is 5.91 Å². The topological polar surface area (TPSA) is 90.9 Å². The second-order valence-electron chi connectivity index (χ2n) is 6.51. The fraction of sp³-hybridized carbons (Fsp3) is 0.318. The van der Waals surface area contributed by atoms with Crippen LogP contribution in [0.1, 0.15) is 37.0 Å². The standard InChI is InChI=1S/C22H25NO6/c1-16(2)29-22(26)17-10-12-18(13-11-17)23-20(24)15-28-21(25)9-6-14-27-19-7-4-3-5-8-19/h3-5,7-8,10-13,16H,6,9,14-15H2,1-2H3,(H,23,24). The number of anilines is 1. The fourth-order valence-electron chi connectivity index (χ4n) is 2.31. The van der Waals surface area contributed by atoms with E-state index < -0.39 is 17.8 Å². The van der Waals surface area contributed by atoms with Crippen molar-refractivity contribution in [2.24, 2.45) is 0 Å². The van der Waals surface area contributed by atoms with E-state index in [4.69, 9.17) is 14.2 Å². The van der Waals surface area contributed by atoms with Crippen LogP contribution in [-0.4, -0.2) is 37.2 Å². The molecule has 0 saturated carbocycles. The molecule has 2 aromatic carbocycles. The number of carbonyl (C=O) groups is 3. The second-order valence-corrected chi connectivity index (χ2v) is 6.51. The van der Waals surface area contributed by atoms with Gasteiger partial charge in [-0.15, -0.1) is 0 Å². The van der Waals surface area contributed by atoms with Crippen LogP contribution in [-0.2, 0) is 19.1 Å². The number of amides is 1. The van der Waals surface area contributed by atoms with Crippen molar-refractivity contribution >= 4 is 23.5 Å². The lowest BCUT2D eigenvalue weighted by molar-refractivity contribution is -0.147. The highest BCUT2D eigenvalue weighted by Crippen LogP contribution is 2.12. The van der Waals surface area contributed by atoms with Gasteiger partial charge in [-0.25, -0.2) is 4.79 Å². The largest absolute Gasteiger partial charge is 0.494 e. The molecule has 154 valence electrons. The van der Waals surface area contributed by atoms with Gasteiger partial charge in [-0.05, 0) is 56.7 Å². The molecule has 2 rings (SSSR count). The van der Waals surface area contributed by atoms with Gasteiger partial charge in [0.05, 0.1) is 18.3 Å². The number of esters is 2. The molecule has 0 atom stereocenters. The number of ether oxygens (including phenoxy) is 3. The summed E-state index contributed by atoms with van der Waals surface area (Å²) in [6.07, 6.45) is 0.442. The van der Waals surface area contributed by atoms with Crippen molar-refractivity contribution in [1.29, 1.82) is 0 Å². The minimum absolute atomic E-state index is 0.159. The fourth-order valence-corrected chi connectivity index (χ4v) is 2.31. The van der Waals surface area contributed by atoms with E-state index in [0.29, 0.717) is 24.3 Å². The molecule has 0 aliphatic heterocycles. The van der Waals surface area contributed by atoms with Crippen LogP contribution in [0.15, 0.2) is 54.6 Å². The van der Waals surface area contributed by atoms with Gasteiger partial charge in [-0.1, -0.05) is 18.2 Å². The van der Waals surface area contributed by atoms with Gasteiger partial charge in [0.2, 0.25) is 0 Å². The van der Waals surface area contributed by atoms with Crippen LogP contribution in [0, 0.1) is 0 Å². The minimum Gasteiger partial charge on any atom is -0.494 e. The highest BCUT2D eigenvalue weighted by Gasteiger charge is 2.11. The lowest BCUT2D eigenvalue weighted by atomic mass is 10.2. The molecule has 0 unspecified atom stereocenters. The molecule has 7 nitrogen and oxygen atoms in total. The van der Waals surface area contributed by atoms with Crippen LogP contribution < -0.4 is 10.1 Å². The Hall–Kier alpha value is -3.35. The molecule has 0 radical (unpaired) electrons. The van der Waals surface area contributed by atoms with Gasteiger partial charge < -0.3 is 19.5 Å². The smallest absolute Gasteiger partial charge is 0.338 e. The first-order valence-electron chi connectivity index (χ1n) is 9.38. The first kappa shape index (κ1) is 21.9. The molecule has 0 spiro atoms. The molecule has 0 aliphatic rings. The maximum atomic E-state index is 11.9. The molecule has 2 aromatic rings. The maximum absolute atomic E-state index is 11.9. The first-order valence-corrected chi connectivity index (χ1v) is 9.38. The van der Waals surface area contributed by atoms with Crippen LogP contribution in [0.25, 0.3) is 0 Å². The average Bonchev–Trinajstić information content (AvgIpc) is 2.70. The molecule has 0 aliphatic carbocycles. The van der Waals surface area contributed by atoms with Gasteiger partial charge >= 0.3 is 11.9 Å². The third-order valence-electron chi connectivity index (χ3n) is 3.65. The van der Waals surface area contributed by atoms with Crippen LogP contribution >= 0.6 is 0 Å². The van der Waals surface area contributed by atoms with Crippen LogP contribution in [0.4, 0.5) is 5.69 Å². The summed E-state index contributed by atoms with van der Waals surface area (Å²) < 4.78 is 15.5. The molecule has 0 heterocycles. The van der Waals surface area contributed by atoms with E-state index in [2.05, 4.69) is 5.32 Å². The Morgan fingerprint density at radius 3 is 2.31 bits per heavy atom. The van der Waals surface area contributed by atoms with E-state index in [0.717, 1.165) is 5.75 Å². The zero-order valence-electron chi connectivity index (χ0n) is 16.6. The monoisotopic (exact) mass is 399 g/mol. The Balaban J connectivity index is 1.64. The van der Waals surface area contributed by atoms with Crippen molar-refractivity contribution < 1.29 is 28.6 Å². The van der Waals surface area contributed by atoms with Crippen LogP contribution in [0.2, 0.25) is 0 Å². The SMILES string of the molecule is CC(C)OC(=O)c1ccc(NC(=O)COC(=O)CCCOc2ccccc2)cc1. The van der Waals surface area contributed by atoms with Crippen molar-refractivity contribution in [3.63, 3.8) is 0 Å². The number of hydrogen-bond acceptors (Lipinski definition) is 6. The van der Waals surface area contributed by atoms with E-state index >= 15 is 0 Å². The molecule has 0 fully saturated rings. The summed E-state index contributed by atoms with van der Waals surface area (Å²) in [4.78, 5) is 35.4. The van der Waals surface area contributed by atoms with Gasteiger partial charge in [-0.2, -0.15) is 0 Å². The number of nitrogens with one attached hydrogen (secondary N) is 1. The minimum atomic E-state index is -0.469. The summed E-state index contributed by atoms with van der Waals surface area (Å²) in [6.45, 7) is 3.54. The van der Waals surface area contributed by atoms with Crippen LogP contribution in [0.3, 0.4) is 0 Å². The molecule has 29 heavy (non-hydrogen) atoms. The molecule has 0 bridgehead atoms. The lowest BCUT2D eigenvalue weighted by Crippen LogP contribution is -2.21. The molecule has 7 heteroatoms. The maximum Gasteiger partial charge on any atom is 0.338 e. The average molecular weight is 399 g/mol.